The molecule has 1 aromatic carbocycles. The van der Waals surface area contributed by atoms with Crippen LogP contribution in [0, 0.1) is 5.82 Å². The van der Waals surface area contributed by atoms with Crippen molar-refractivity contribution in [1.29, 1.82) is 0 Å². The Morgan fingerprint density at radius 2 is 1.96 bits per heavy atom. The smallest absolute Gasteiger partial charge is 0.278 e. The van der Waals surface area contributed by atoms with Gasteiger partial charge in [0.05, 0.1) is 26.2 Å². The number of nitrogens with zero attached hydrogens (tertiary/aromatic N) is 1. The van der Waals surface area contributed by atoms with Crippen molar-refractivity contribution in [3.63, 3.8) is 0 Å². The van der Waals surface area contributed by atoms with E-state index in [1.807, 2.05) is 19.1 Å². The molecular formula is C21H31FN3O+. The van der Waals surface area contributed by atoms with Crippen molar-refractivity contribution in [2.45, 2.75) is 45.1 Å². The minimum absolute atomic E-state index is 0.0225. The number of benzene rings is 1. The molecule has 1 amide bonds. The van der Waals surface area contributed by atoms with Gasteiger partial charge in [0.1, 0.15) is 5.82 Å². The zero-order valence-corrected chi connectivity index (χ0v) is 15.8. The topological polar surface area (TPSA) is 36.8 Å². The first-order valence-corrected chi connectivity index (χ1v) is 9.94. The minimum atomic E-state index is -0.202. The Morgan fingerprint density at radius 3 is 2.62 bits per heavy atom. The monoisotopic (exact) mass is 360 g/mol. The standard InChI is InChI=1S/C21H30FN3O/c1-17(21(26)23-12-11-18-5-3-2-4-6-18)24-13-15-25(16-14-24)20-9-7-19(22)8-10-20/h5,7-10,17H,2-4,6,11-16H2,1H3,(H,23,26)/p+1/t17-/m0/s1. The molecule has 0 unspecified atom stereocenters. The highest BCUT2D eigenvalue weighted by molar-refractivity contribution is 5.79. The molecule has 0 saturated carbocycles. The molecule has 4 nitrogen and oxygen atoms in total. The minimum Gasteiger partial charge on any atom is -0.360 e. The summed E-state index contributed by atoms with van der Waals surface area (Å²) in [5.74, 6) is -0.0427. The number of amides is 1. The zero-order valence-electron chi connectivity index (χ0n) is 15.8. The van der Waals surface area contributed by atoms with Gasteiger partial charge >= 0.3 is 0 Å². The summed E-state index contributed by atoms with van der Waals surface area (Å²) in [4.78, 5) is 16.1. The van der Waals surface area contributed by atoms with Crippen molar-refractivity contribution in [3.05, 3.63) is 41.7 Å². The summed E-state index contributed by atoms with van der Waals surface area (Å²) in [6.07, 6.45) is 8.33. The van der Waals surface area contributed by atoms with Gasteiger partial charge in [-0.1, -0.05) is 11.6 Å². The normalized spacial score (nSPS) is 19.8. The largest absolute Gasteiger partial charge is 0.360 e. The number of carbonyl (C=O) groups is 1. The van der Waals surface area contributed by atoms with Gasteiger partial charge in [-0.2, -0.15) is 0 Å². The van der Waals surface area contributed by atoms with Crippen molar-refractivity contribution in [3.8, 4) is 0 Å². The van der Waals surface area contributed by atoms with Gasteiger partial charge in [0.15, 0.2) is 6.04 Å². The van der Waals surface area contributed by atoms with Gasteiger partial charge < -0.3 is 15.1 Å². The molecule has 0 bridgehead atoms. The van der Waals surface area contributed by atoms with Crippen LogP contribution in [0.2, 0.25) is 0 Å². The lowest BCUT2D eigenvalue weighted by molar-refractivity contribution is -0.914. The van der Waals surface area contributed by atoms with Crippen LogP contribution in [0.25, 0.3) is 0 Å². The first-order chi connectivity index (χ1) is 12.6. The zero-order chi connectivity index (χ0) is 18.4. The van der Waals surface area contributed by atoms with Crippen LogP contribution in [0.4, 0.5) is 10.1 Å². The van der Waals surface area contributed by atoms with Gasteiger partial charge in [0.25, 0.3) is 5.91 Å². The van der Waals surface area contributed by atoms with Crippen LogP contribution in [-0.2, 0) is 4.79 Å². The molecule has 0 radical (unpaired) electrons. The van der Waals surface area contributed by atoms with E-state index >= 15 is 0 Å². The first-order valence-electron chi connectivity index (χ1n) is 9.94. The average Bonchev–Trinajstić information content (AvgIpc) is 2.69. The fraction of sp³-hybridized carbons (Fsp3) is 0.571. The second kappa shape index (κ2) is 9.17. The lowest BCUT2D eigenvalue weighted by Crippen LogP contribution is -3.19. The van der Waals surface area contributed by atoms with E-state index in [4.69, 9.17) is 0 Å². The molecule has 1 fully saturated rings. The van der Waals surface area contributed by atoms with Crippen molar-refractivity contribution in [2.24, 2.45) is 0 Å². The van der Waals surface area contributed by atoms with E-state index in [1.165, 1.54) is 48.3 Å². The van der Waals surface area contributed by atoms with Gasteiger partial charge in [0, 0.05) is 12.2 Å². The van der Waals surface area contributed by atoms with Crippen LogP contribution in [0.3, 0.4) is 0 Å². The van der Waals surface area contributed by atoms with Gasteiger partial charge in [-0.05, 0) is 63.3 Å². The van der Waals surface area contributed by atoms with Crippen molar-refractivity contribution < 1.29 is 14.1 Å². The van der Waals surface area contributed by atoms with E-state index in [9.17, 15) is 9.18 Å². The highest BCUT2D eigenvalue weighted by Gasteiger charge is 2.29. The number of nitrogens with one attached hydrogen (secondary N) is 2. The number of hydrogen-bond acceptors (Lipinski definition) is 2. The third-order valence-corrected chi connectivity index (χ3v) is 5.73. The highest BCUT2D eigenvalue weighted by atomic mass is 19.1. The molecule has 142 valence electrons. The third-order valence-electron chi connectivity index (χ3n) is 5.73. The number of piperazine rings is 1. The molecule has 1 atom stereocenters. The van der Waals surface area contributed by atoms with Crippen LogP contribution in [0.5, 0.6) is 0 Å². The number of allylic oxidation sites excluding steroid dienone is 1. The number of quaternary nitrogens is 1. The Hall–Kier alpha value is -1.88. The van der Waals surface area contributed by atoms with E-state index in [-0.39, 0.29) is 17.8 Å². The molecule has 0 aromatic heterocycles. The van der Waals surface area contributed by atoms with E-state index in [0.29, 0.717) is 0 Å². The molecule has 1 aliphatic heterocycles. The summed E-state index contributed by atoms with van der Waals surface area (Å²) < 4.78 is 13.1. The quantitative estimate of drug-likeness (QED) is 0.761. The van der Waals surface area contributed by atoms with Crippen molar-refractivity contribution in [2.75, 3.05) is 37.6 Å². The number of hydrogen-bond donors (Lipinski definition) is 2. The van der Waals surface area contributed by atoms with E-state index in [2.05, 4.69) is 16.3 Å². The summed E-state index contributed by atoms with van der Waals surface area (Å²) in [5, 5.41) is 3.12. The first kappa shape index (κ1) is 18.9. The Balaban J connectivity index is 1.41. The SMILES string of the molecule is C[C@@H](C(=O)NCCC1=CCCCC1)[NH+]1CCN(c2ccc(F)cc2)CC1. The van der Waals surface area contributed by atoms with Gasteiger partial charge in [0.2, 0.25) is 0 Å². The van der Waals surface area contributed by atoms with E-state index in [1.54, 1.807) is 0 Å². The van der Waals surface area contributed by atoms with Crippen LogP contribution in [-0.4, -0.2) is 44.7 Å². The second-order valence-electron chi connectivity index (χ2n) is 7.49. The fourth-order valence-electron chi connectivity index (χ4n) is 3.95. The van der Waals surface area contributed by atoms with Gasteiger partial charge in [-0.15, -0.1) is 0 Å². The maximum Gasteiger partial charge on any atom is 0.278 e. The number of anilines is 1. The summed E-state index contributed by atoms with van der Waals surface area (Å²) >= 11 is 0. The molecule has 2 aliphatic rings. The second-order valence-corrected chi connectivity index (χ2v) is 7.49. The predicted octanol–water partition coefficient (Wildman–Crippen LogP) is 1.93. The van der Waals surface area contributed by atoms with Crippen LogP contribution < -0.4 is 15.1 Å². The molecule has 1 saturated heterocycles. The summed E-state index contributed by atoms with van der Waals surface area (Å²) in [6.45, 7) is 6.42. The molecule has 2 N–H and O–H groups in total. The maximum atomic E-state index is 13.1. The third kappa shape index (κ3) is 5.07. The fourth-order valence-corrected chi connectivity index (χ4v) is 3.95. The number of halogens is 1. The van der Waals surface area contributed by atoms with Gasteiger partial charge in [-0.3, -0.25) is 4.79 Å². The molecule has 0 spiro atoms. The Kier molecular flexibility index (Phi) is 6.67. The Labute approximate surface area is 156 Å². The summed E-state index contributed by atoms with van der Waals surface area (Å²) in [5.41, 5.74) is 2.56. The Morgan fingerprint density at radius 1 is 1.23 bits per heavy atom. The van der Waals surface area contributed by atoms with Crippen molar-refractivity contribution >= 4 is 11.6 Å². The molecule has 5 heteroatoms. The predicted molar refractivity (Wildman–Crippen MR) is 103 cm³/mol. The average molecular weight is 360 g/mol. The maximum absolute atomic E-state index is 13.1. The summed E-state index contributed by atoms with van der Waals surface area (Å²) in [6, 6.07) is 6.65. The highest BCUT2D eigenvalue weighted by Crippen LogP contribution is 2.19. The molecule has 1 heterocycles. The number of rotatable bonds is 6. The Bertz CT molecular complexity index is 621. The van der Waals surface area contributed by atoms with Crippen LogP contribution in [0.1, 0.15) is 39.0 Å². The summed E-state index contributed by atoms with van der Waals surface area (Å²) in [7, 11) is 0. The van der Waals surface area contributed by atoms with Gasteiger partial charge in [-0.25, -0.2) is 4.39 Å². The number of carbonyl (C=O) groups excluding carboxylic acids is 1. The lowest BCUT2D eigenvalue weighted by Gasteiger charge is -2.36. The molecule has 1 aromatic rings. The van der Waals surface area contributed by atoms with Crippen molar-refractivity contribution in [1.82, 2.24) is 5.32 Å². The van der Waals surface area contributed by atoms with E-state index in [0.717, 1.165) is 44.8 Å². The molecule has 3 rings (SSSR count). The molecule has 1 aliphatic carbocycles. The van der Waals surface area contributed by atoms with E-state index < -0.39 is 0 Å². The van der Waals surface area contributed by atoms with Crippen LogP contribution >= 0.6 is 0 Å². The molecular weight excluding hydrogens is 329 g/mol. The molecule has 26 heavy (non-hydrogen) atoms. The lowest BCUT2D eigenvalue weighted by atomic mass is 9.97. The van der Waals surface area contributed by atoms with Crippen LogP contribution in [0.15, 0.2) is 35.9 Å².